The van der Waals surface area contributed by atoms with E-state index >= 15 is 0 Å². The van der Waals surface area contributed by atoms with Crippen molar-refractivity contribution in [2.75, 3.05) is 0 Å². The van der Waals surface area contributed by atoms with Crippen LogP contribution in [-0.2, 0) is 4.79 Å². The summed E-state index contributed by atoms with van der Waals surface area (Å²) in [4.78, 5) is 27.5. The highest BCUT2D eigenvalue weighted by Crippen LogP contribution is 2.14. The molecule has 0 spiro atoms. The van der Waals surface area contributed by atoms with Crippen molar-refractivity contribution in [3.05, 3.63) is 38.5 Å². The van der Waals surface area contributed by atoms with Crippen LogP contribution < -0.4 is 5.56 Å². The normalized spacial score (nSPS) is 12.6. The predicted molar refractivity (Wildman–Crippen MR) is 75.7 cm³/mol. The van der Waals surface area contributed by atoms with Crippen LogP contribution in [0.4, 0.5) is 0 Å². The molecule has 1 N–H and O–H groups in total. The molecule has 1 atom stereocenters. The number of hydrogen-bond donors (Lipinski definition) is 1. The first-order valence-electron chi connectivity index (χ1n) is 5.43. The van der Waals surface area contributed by atoms with E-state index in [1.54, 1.807) is 19.1 Å². The Balaban J connectivity index is 2.71. The third-order valence-electron chi connectivity index (χ3n) is 2.75. The lowest BCUT2D eigenvalue weighted by molar-refractivity contribution is -0.141. The molecule has 18 heavy (non-hydrogen) atoms. The highest BCUT2D eigenvalue weighted by molar-refractivity contribution is 14.1. The number of aliphatic carboxylic acids is 1. The summed E-state index contributed by atoms with van der Waals surface area (Å²) in [5, 5.41) is 9.54. The number of aromatic nitrogens is 2. The number of halogens is 1. The summed E-state index contributed by atoms with van der Waals surface area (Å²) in [6.07, 6.45) is 1.65. The van der Waals surface area contributed by atoms with E-state index < -0.39 is 12.0 Å². The van der Waals surface area contributed by atoms with Gasteiger partial charge in [0, 0.05) is 3.57 Å². The Morgan fingerprint density at radius 1 is 1.56 bits per heavy atom. The zero-order valence-electron chi connectivity index (χ0n) is 9.63. The van der Waals surface area contributed by atoms with Gasteiger partial charge < -0.3 is 5.11 Å². The predicted octanol–water partition coefficient (Wildman–Crippen LogP) is 2.04. The molecule has 5 nitrogen and oxygen atoms in total. The van der Waals surface area contributed by atoms with Crippen molar-refractivity contribution in [2.45, 2.75) is 19.4 Å². The van der Waals surface area contributed by atoms with Gasteiger partial charge in [-0.15, -0.1) is 0 Å². The topological polar surface area (TPSA) is 72.2 Å². The zero-order valence-corrected chi connectivity index (χ0v) is 11.8. The summed E-state index contributed by atoms with van der Waals surface area (Å²) in [5.74, 6) is -1.02. The largest absolute Gasteiger partial charge is 0.480 e. The van der Waals surface area contributed by atoms with E-state index in [1.165, 1.54) is 10.9 Å². The minimum atomic E-state index is -1.02. The van der Waals surface area contributed by atoms with Crippen LogP contribution in [0.25, 0.3) is 10.9 Å². The van der Waals surface area contributed by atoms with Gasteiger partial charge in [0.05, 0.1) is 17.2 Å². The number of nitrogens with zero attached hydrogens (tertiary/aromatic N) is 2. The highest BCUT2D eigenvalue weighted by Gasteiger charge is 2.19. The van der Waals surface area contributed by atoms with Gasteiger partial charge in [0.1, 0.15) is 6.04 Å². The molecular formula is C12H11IN2O3. The number of benzene rings is 1. The smallest absolute Gasteiger partial charge is 0.326 e. The fraction of sp³-hybridized carbons (Fsp3) is 0.250. The number of carboxylic acids is 1. The first kappa shape index (κ1) is 13.0. The molecule has 0 aliphatic heterocycles. The summed E-state index contributed by atoms with van der Waals surface area (Å²) in [5.41, 5.74) is 0.268. The molecule has 0 unspecified atom stereocenters. The average Bonchev–Trinajstić information content (AvgIpc) is 2.33. The summed E-state index contributed by atoms with van der Waals surface area (Å²) < 4.78 is 2.10. The summed E-state index contributed by atoms with van der Waals surface area (Å²) >= 11 is 2.10. The Morgan fingerprint density at radius 3 is 2.89 bits per heavy atom. The van der Waals surface area contributed by atoms with Crippen molar-refractivity contribution in [1.82, 2.24) is 9.55 Å². The first-order chi connectivity index (χ1) is 8.54. The van der Waals surface area contributed by atoms with Gasteiger partial charge in [-0.2, -0.15) is 0 Å². The van der Waals surface area contributed by atoms with E-state index in [2.05, 4.69) is 27.6 Å². The molecule has 2 aromatic rings. The number of rotatable bonds is 3. The molecule has 6 heteroatoms. The van der Waals surface area contributed by atoms with Crippen molar-refractivity contribution in [3.63, 3.8) is 0 Å². The minimum Gasteiger partial charge on any atom is -0.480 e. The van der Waals surface area contributed by atoms with Gasteiger partial charge >= 0.3 is 5.97 Å². The first-order valence-corrected chi connectivity index (χ1v) is 6.51. The van der Waals surface area contributed by atoms with Crippen LogP contribution in [0.15, 0.2) is 29.3 Å². The standard InChI is InChI=1S/C12H11IN2O3/c1-2-10(12(17)18)15-6-14-9-4-3-7(13)5-8(9)11(15)16/h3-6,10H,2H2,1H3,(H,17,18)/t10-/m0/s1. The second-order valence-electron chi connectivity index (χ2n) is 3.88. The van der Waals surface area contributed by atoms with Crippen molar-refractivity contribution in [1.29, 1.82) is 0 Å². The van der Waals surface area contributed by atoms with Crippen molar-refractivity contribution >= 4 is 39.5 Å². The van der Waals surface area contributed by atoms with Crippen LogP contribution in [0.1, 0.15) is 19.4 Å². The third-order valence-corrected chi connectivity index (χ3v) is 3.42. The quantitative estimate of drug-likeness (QED) is 0.853. The highest BCUT2D eigenvalue weighted by atomic mass is 127. The Labute approximate surface area is 117 Å². The molecule has 0 fully saturated rings. The molecule has 94 valence electrons. The van der Waals surface area contributed by atoms with Gasteiger partial charge in [0.2, 0.25) is 0 Å². The lowest BCUT2D eigenvalue weighted by Gasteiger charge is -2.13. The summed E-state index contributed by atoms with van der Waals surface area (Å²) in [6, 6.07) is 4.46. The maximum atomic E-state index is 12.2. The molecule has 0 amide bonds. The number of hydrogen-bond acceptors (Lipinski definition) is 3. The molecule has 1 aromatic carbocycles. The van der Waals surface area contributed by atoms with Crippen LogP contribution in [0.3, 0.4) is 0 Å². The Morgan fingerprint density at radius 2 is 2.28 bits per heavy atom. The molecule has 0 saturated heterocycles. The summed E-state index contributed by atoms with van der Waals surface area (Å²) in [6.45, 7) is 1.73. The Kier molecular flexibility index (Phi) is 3.65. The monoisotopic (exact) mass is 358 g/mol. The SMILES string of the molecule is CC[C@@H](C(=O)O)n1cnc2ccc(I)cc2c1=O. The average molecular weight is 358 g/mol. The second-order valence-corrected chi connectivity index (χ2v) is 5.13. The fourth-order valence-electron chi connectivity index (χ4n) is 1.82. The van der Waals surface area contributed by atoms with E-state index in [0.29, 0.717) is 17.3 Å². The maximum Gasteiger partial charge on any atom is 0.326 e. The van der Waals surface area contributed by atoms with E-state index in [-0.39, 0.29) is 5.56 Å². The van der Waals surface area contributed by atoms with Crippen LogP contribution in [0.5, 0.6) is 0 Å². The Bertz CT molecular complexity index is 666. The van der Waals surface area contributed by atoms with Crippen LogP contribution in [0, 0.1) is 3.57 Å². The van der Waals surface area contributed by atoms with E-state index in [0.717, 1.165) is 3.57 Å². The second kappa shape index (κ2) is 5.05. The number of carbonyl (C=O) groups is 1. The third kappa shape index (κ3) is 2.24. The number of fused-ring (bicyclic) bond motifs is 1. The fourth-order valence-corrected chi connectivity index (χ4v) is 2.31. The molecule has 0 aliphatic rings. The van der Waals surface area contributed by atoms with Crippen molar-refractivity contribution in [2.24, 2.45) is 0 Å². The lowest BCUT2D eigenvalue weighted by Crippen LogP contribution is -2.29. The maximum absolute atomic E-state index is 12.2. The van der Waals surface area contributed by atoms with E-state index in [4.69, 9.17) is 5.11 Å². The summed E-state index contributed by atoms with van der Waals surface area (Å²) in [7, 11) is 0. The minimum absolute atomic E-state index is 0.312. The van der Waals surface area contributed by atoms with Gasteiger partial charge in [0.25, 0.3) is 5.56 Å². The molecular weight excluding hydrogens is 347 g/mol. The van der Waals surface area contributed by atoms with E-state index in [9.17, 15) is 9.59 Å². The molecule has 2 rings (SSSR count). The lowest BCUT2D eigenvalue weighted by atomic mass is 10.2. The van der Waals surface area contributed by atoms with Gasteiger partial charge in [-0.1, -0.05) is 6.92 Å². The van der Waals surface area contributed by atoms with Gasteiger partial charge in [0.15, 0.2) is 0 Å². The van der Waals surface area contributed by atoms with E-state index in [1.807, 2.05) is 6.07 Å². The molecule has 0 bridgehead atoms. The van der Waals surface area contributed by atoms with Gasteiger partial charge in [-0.05, 0) is 47.2 Å². The van der Waals surface area contributed by atoms with Gasteiger partial charge in [-0.3, -0.25) is 9.36 Å². The molecule has 0 aliphatic carbocycles. The zero-order chi connectivity index (χ0) is 13.3. The molecule has 1 heterocycles. The van der Waals surface area contributed by atoms with Crippen molar-refractivity contribution in [3.8, 4) is 0 Å². The van der Waals surface area contributed by atoms with Gasteiger partial charge in [-0.25, -0.2) is 9.78 Å². The van der Waals surface area contributed by atoms with Crippen LogP contribution in [-0.4, -0.2) is 20.6 Å². The molecule has 1 aromatic heterocycles. The van der Waals surface area contributed by atoms with Crippen LogP contribution >= 0.6 is 22.6 Å². The Hall–Kier alpha value is -1.44. The number of carboxylic acid groups (broad SMARTS) is 1. The molecule has 0 saturated carbocycles. The van der Waals surface area contributed by atoms with Crippen LogP contribution in [0.2, 0.25) is 0 Å². The van der Waals surface area contributed by atoms with Crippen molar-refractivity contribution < 1.29 is 9.90 Å². The molecule has 0 radical (unpaired) electrons.